The predicted molar refractivity (Wildman–Crippen MR) is 72.3 cm³/mol. The number of hydrogen-bond acceptors (Lipinski definition) is 3. The highest BCUT2D eigenvalue weighted by molar-refractivity contribution is 6.31. The quantitative estimate of drug-likeness (QED) is 0.764. The Hall–Kier alpha value is -1.84. The number of oxazole rings is 1. The van der Waals surface area contributed by atoms with Crippen LogP contribution in [0.2, 0.25) is 5.02 Å². The molecule has 0 aliphatic rings. The summed E-state index contributed by atoms with van der Waals surface area (Å²) in [6.07, 6.45) is 0. The molecule has 2 aromatic carbocycles. The molecule has 3 nitrogen and oxygen atoms in total. The summed E-state index contributed by atoms with van der Waals surface area (Å²) in [6, 6.07) is 13.3. The van der Waals surface area contributed by atoms with Crippen molar-refractivity contribution in [2.24, 2.45) is 5.73 Å². The molecule has 0 amide bonds. The number of fused-ring (bicyclic) bond motifs is 1. The van der Waals surface area contributed by atoms with E-state index in [2.05, 4.69) is 4.98 Å². The molecule has 1 aromatic heterocycles. The third-order valence-electron chi connectivity index (χ3n) is 2.76. The van der Waals surface area contributed by atoms with Crippen LogP contribution in [-0.2, 0) is 6.54 Å². The molecule has 0 spiro atoms. The zero-order valence-corrected chi connectivity index (χ0v) is 10.3. The van der Waals surface area contributed by atoms with Gasteiger partial charge in [0.15, 0.2) is 5.58 Å². The first kappa shape index (κ1) is 11.3. The third-order valence-corrected chi connectivity index (χ3v) is 3.00. The van der Waals surface area contributed by atoms with E-state index in [1.54, 1.807) is 12.1 Å². The van der Waals surface area contributed by atoms with Gasteiger partial charge in [-0.2, -0.15) is 0 Å². The fourth-order valence-corrected chi connectivity index (χ4v) is 2.02. The highest BCUT2D eigenvalue weighted by Gasteiger charge is 2.08. The van der Waals surface area contributed by atoms with Crippen molar-refractivity contribution in [3.8, 4) is 11.5 Å². The Morgan fingerprint density at radius 2 is 2.06 bits per heavy atom. The smallest absolute Gasteiger partial charge is 0.227 e. The molecule has 0 atom stereocenters. The van der Waals surface area contributed by atoms with Crippen LogP contribution >= 0.6 is 11.6 Å². The van der Waals surface area contributed by atoms with Gasteiger partial charge in [-0.1, -0.05) is 23.7 Å². The van der Waals surface area contributed by atoms with E-state index in [0.29, 0.717) is 23.0 Å². The molecule has 2 N–H and O–H groups in total. The second-order valence-corrected chi connectivity index (χ2v) is 4.47. The van der Waals surface area contributed by atoms with Crippen LogP contribution in [0.3, 0.4) is 0 Å². The molecule has 1 heterocycles. The third kappa shape index (κ3) is 1.98. The van der Waals surface area contributed by atoms with Gasteiger partial charge in [0.25, 0.3) is 0 Å². The lowest BCUT2D eigenvalue weighted by Gasteiger charge is -1.98. The van der Waals surface area contributed by atoms with Crippen molar-refractivity contribution in [3.05, 3.63) is 53.1 Å². The second kappa shape index (κ2) is 4.44. The molecule has 0 fully saturated rings. The molecule has 0 aliphatic carbocycles. The first-order valence-corrected chi connectivity index (χ1v) is 5.99. The van der Waals surface area contributed by atoms with E-state index in [9.17, 15) is 0 Å². The van der Waals surface area contributed by atoms with Crippen LogP contribution in [-0.4, -0.2) is 4.98 Å². The van der Waals surface area contributed by atoms with Gasteiger partial charge in [-0.3, -0.25) is 0 Å². The lowest BCUT2D eigenvalue weighted by molar-refractivity contribution is 0.620. The lowest BCUT2D eigenvalue weighted by atomic mass is 10.1. The molecule has 0 unspecified atom stereocenters. The summed E-state index contributed by atoms with van der Waals surface area (Å²) in [7, 11) is 0. The number of rotatable bonds is 2. The largest absolute Gasteiger partial charge is 0.436 e. The fraction of sp³-hybridized carbons (Fsp3) is 0.0714. The molecular formula is C14H11ClN2O. The molecule has 0 bridgehead atoms. The molecular weight excluding hydrogens is 248 g/mol. The van der Waals surface area contributed by atoms with Gasteiger partial charge < -0.3 is 10.2 Å². The van der Waals surface area contributed by atoms with Crippen molar-refractivity contribution in [1.82, 2.24) is 4.98 Å². The molecule has 0 radical (unpaired) electrons. The van der Waals surface area contributed by atoms with Gasteiger partial charge in [-0.25, -0.2) is 4.98 Å². The van der Waals surface area contributed by atoms with Crippen LogP contribution in [0.1, 0.15) is 5.56 Å². The Bertz CT molecular complexity index is 706. The van der Waals surface area contributed by atoms with Crippen LogP contribution < -0.4 is 5.73 Å². The van der Waals surface area contributed by atoms with Crippen LogP contribution in [0.15, 0.2) is 46.9 Å². The SMILES string of the molecule is NCc1cccc(-c2nc3ccc(Cl)cc3o2)c1. The molecule has 0 aliphatic heterocycles. The molecule has 18 heavy (non-hydrogen) atoms. The summed E-state index contributed by atoms with van der Waals surface area (Å²) >= 11 is 5.92. The fourth-order valence-electron chi connectivity index (χ4n) is 1.85. The normalized spacial score (nSPS) is 11.0. The Balaban J connectivity index is 2.13. The molecule has 3 rings (SSSR count). The van der Waals surface area contributed by atoms with Crippen LogP contribution in [0, 0.1) is 0 Å². The predicted octanol–water partition coefficient (Wildman–Crippen LogP) is 3.61. The van der Waals surface area contributed by atoms with Crippen molar-refractivity contribution in [2.75, 3.05) is 0 Å². The monoisotopic (exact) mass is 258 g/mol. The number of hydrogen-bond donors (Lipinski definition) is 1. The van der Waals surface area contributed by atoms with Crippen molar-refractivity contribution >= 4 is 22.7 Å². The van der Waals surface area contributed by atoms with Crippen molar-refractivity contribution in [2.45, 2.75) is 6.54 Å². The van der Waals surface area contributed by atoms with E-state index in [1.165, 1.54) is 0 Å². The lowest BCUT2D eigenvalue weighted by Crippen LogP contribution is -1.95. The maximum atomic E-state index is 5.92. The van der Waals surface area contributed by atoms with E-state index in [0.717, 1.165) is 16.6 Å². The maximum absolute atomic E-state index is 5.92. The summed E-state index contributed by atoms with van der Waals surface area (Å²) < 4.78 is 5.70. The van der Waals surface area contributed by atoms with Crippen molar-refractivity contribution < 1.29 is 4.42 Å². The molecule has 4 heteroatoms. The van der Waals surface area contributed by atoms with E-state index in [4.69, 9.17) is 21.8 Å². The van der Waals surface area contributed by atoms with Crippen molar-refractivity contribution in [1.29, 1.82) is 0 Å². The number of nitrogens with two attached hydrogens (primary N) is 1. The van der Waals surface area contributed by atoms with Crippen LogP contribution in [0.4, 0.5) is 0 Å². The molecule has 0 saturated carbocycles. The van der Waals surface area contributed by atoms with Gasteiger partial charge in [0.2, 0.25) is 5.89 Å². The van der Waals surface area contributed by atoms with Gasteiger partial charge in [-0.05, 0) is 29.8 Å². The molecule has 0 saturated heterocycles. The Labute approximate surface area is 109 Å². The van der Waals surface area contributed by atoms with E-state index in [1.807, 2.05) is 30.3 Å². The molecule has 90 valence electrons. The van der Waals surface area contributed by atoms with Gasteiger partial charge in [0, 0.05) is 23.2 Å². The summed E-state index contributed by atoms with van der Waals surface area (Å²) in [5.74, 6) is 0.586. The highest BCUT2D eigenvalue weighted by Crippen LogP contribution is 2.26. The summed E-state index contributed by atoms with van der Waals surface area (Å²) in [5, 5.41) is 0.640. The van der Waals surface area contributed by atoms with E-state index >= 15 is 0 Å². The van der Waals surface area contributed by atoms with Crippen LogP contribution in [0.25, 0.3) is 22.6 Å². The van der Waals surface area contributed by atoms with E-state index in [-0.39, 0.29) is 0 Å². The zero-order valence-electron chi connectivity index (χ0n) is 9.56. The summed E-state index contributed by atoms with van der Waals surface area (Å²) in [5.41, 5.74) is 9.08. The van der Waals surface area contributed by atoms with E-state index < -0.39 is 0 Å². The van der Waals surface area contributed by atoms with Gasteiger partial charge in [0.1, 0.15) is 5.52 Å². The minimum Gasteiger partial charge on any atom is -0.436 e. The maximum Gasteiger partial charge on any atom is 0.227 e. The topological polar surface area (TPSA) is 52.0 Å². The second-order valence-electron chi connectivity index (χ2n) is 4.04. The Morgan fingerprint density at radius 3 is 2.89 bits per heavy atom. The van der Waals surface area contributed by atoms with Gasteiger partial charge in [-0.15, -0.1) is 0 Å². The number of benzene rings is 2. The minimum atomic E-state index is 0.500. The zero-order chi connectivity index (χ0) is 12.5. The number of nitrogens with zero attached hydrogens (tertiary/aromatic N) is 1. The number of halogens is 1. The first-order valence-electron chi connectivity index (χ1n) is 5.62. The Morgan fingerprint density at radius 1 is 1.17 bits per heavy atom. The standard InChI is InChI=1S/C14H11ClN2O/c15-11-4-5-12-13(7-11)18-14(17-12)10-3-1-2-9(6-10)8-16/h1-7H,8,16H2. The Kier molecular flexibility index (Phi) is 2.78. The average Bonchev–Trinajstić information content (AvgIpc) is 2.81. The summed E-state index contributed by atoms with van der Waals surface area (Å²) in [6.45, 7) is 0.500. The minimum absolute atomic E-state index is 0.500. The van der Waals surface area contributed by atoms with Gasteiger partial charge >= 0.3 is 0 Å². The average molecular weight is 259 g/mol. The highest BCUT2D eigenvalue weighted by atomic mass is 35.5. The van der Waals surface area contributed by atoms with Crippen molar-refractivity contribution in [3.63, 3.8) is 0 Å². The summed E-state index contributed by atoms with van der Waals surface area (Å²) in [4.78, 5) is 4.43. The first-order chi connectivity index (χ1) is 8.76. The van der Waals surface area contributed by atoms with Gasteiger partial charge in [0.05, 0.1) is 0 Å². The molecule has 3 aromatic rings. The number of aromatic nitrogens is 1. The van der Waals surface area contributed by atoms with Crippen LogP contribution in [0.5, 0.6) is 0 Å².